The second-order valence-corrected chi connectivity index (χ2v) is 6.67. The summed E-state index contributed by atoms with van der Waals surface area (Å²) >= 11 is 0. The van der Waals surface area contributed by atoms with Crippen LogP contribution < -0.4 is 4.90 Å². The molecule has 1 fully saturated rings. The molecule has 0 aliphatic carbocycles. The van der Waals surface area contributed by atoms with E-state index in [0.29, 0.717) is 18.1 Å². The van der Waals surface area contributed by atoms with Crippen LogP contribution in [0.15, 0.2) is 48.8 Å². The van der Waals surface area contributed by atoms with Gasteiger partial charge in [-0.2, -0.15) is 0 Å². The van der Waals surface area contributed by atoms with Crippen LogP contribution in [0.3, 0.4) is 0 Å². The summed E-state index contributed by atoms with van der Waals surface area (Å²) < 4.78 is 5.42. The van der Waals surface area contributed by atoms with Gasteiger partial charge in [-0.3, -0.25) is 9.69 Å². The molecule has 7 heteroatoms. The molecule has 1 atom stereocenters. The average molecular weight is 382 g/mol. The fraction of sp³-hybridized carbons (Fsp3) is 0.381. The maximum Gasteiger partial charge on any atom is 0.225 e. The van der Waals surface area contributed by atoms with E-state index in [4.69, 9.17) is 9.84 Å². The SMILES string of the molecule is COCC(/C=C/c1ccccc1)N1CCN(c2ncc(C(=O)CO)cn2)CC1. The summed E-state index contributed by atoms with van der Waals surface area (Å²) in [7, 11) is 1.72. The second-order valence-electron chi connectivity index (χ2n) is 6.67. The molecule has 1 N–H and O–H groups in total. The molecule has 1 aromatic heterocycles. The molecule has 2 heterocycles. The third kappa shape index (κ3) is 5.22. The Morgan fingerprint density at radius 1 is 1.18 bits per heavy atom. The largest absolute Gasteiger partial charge is 0.388 e. The molecule has 0 bridgehead atoms. The lowest BCUT2D eigenvalue weighted by atomic mass is 10.1. The van der Waals surface area contributed by atoms with Gasteiger partial charge >= 0.3 is 0 Å². The Kier molecular flexibility index (Phi) is 7.25. The Balaban J connectivity index is 1.59. The maximum atomic E-state index is 11.5. The highest BCUT2D eigenvalue weighted by molar-refractivity contribution is 5.96. The zero-order valence-corrected chi connectivity index (χ0v) is 16.1. The van der Waals surface area contributed by atoms with E-state index >= 15 is 0 Å². The normalized spacial score (nSPS) is 16.4. The number of aliphatic hydroxyl groups is 1. The van der Waals surface area contributed by atoms with Crippen LogP contribution in [0.5, 0.6) is 0 Å². The third-order valence-corrected chi connectivity index (χ3v) is 4.82. The number of anilines is 1. The Morgan fingerprint density at radius 2 is 1.86 bits per heavy atom. The lowest BCUT2D eigenvalue weighted by molar-refractivity contribution is 0.0903. The highest BCUT2D eigenvalue weighted by Crippen LogP contribution is 2.15. The summed E-state index contributed by atoms with van der Waals surface area (Å²) in [6, 6.07) is 10.4. The van der Waals surface area contributed by atoms with Crippen LogP contribution >= 0.6 is 0 Å². The van der Waals surface area contributed by atoms with Gasteiger partial charge in [-0.1, -0.05) is 42.5 Å². The quantitative estimate of drug-likeness (QED) is 0.693. The number of hydrogen-bond acceptors (Lipinski definition) is 7. The number of benzene rings is 1. The van der Waals surface area contributed by atoms with Crippen LogP contribution in [0.1, 0.15) is 15.9 Å². The number of Topliss-reactive ketones (excluding diaryl/α,β-unsaturated/α-hetero) is 1. The molecule has 28 heavy (non-hydrogen) atoms. The van der Waals surface area contributed by atoms with Gasteiger partial charge in [0, 0.05) is 45.7 Å². The molecule has 1 aliphatic heterocycles. The molecule has 7 nitrogen and oxygen atoms in total. The predicted octanol–water partition coefficient (Wildman–Crippen LogP) is 1.50. The first-order valence-electron chi connectivity index (χ1n) is 9.38. The molecular weight excluding hydrogens is 356 g/mol. The summed E-state index contributed by atoms with van der Waals surface area (Å²) in [6.45, 7) is 3.44. The van der Waals surface area contributed by atoms with Crippen molar-refractivity contribution < 1.29 is 14.6 Å². The first-order chi connectivity index (χ1) is 13.7. The molecule has 0 spiro atoms. The van der Waals surface area contributed by atoms with Gasteiger partial charge in [-0.05, 0) is 5.56 Å². The topological polar surface area (TPSA) is 78.8 Å². The fourth-order valence-corrected chi connectivity index (χ4v) is 3.21. The Hall–Kier alpha value is -2.61. The molecule has 1 aromatic carbocycles. The van der Waals surface area contributed by atoms with Crippen molar-refractivity contribution in [1.29, 1.82) is 0 Å². The number of nitrogens with zero attached hydrogens (tertiary/aromatic N) is 4. The molecule has 0 saturated carbocycles. The number of methoxy groups -OCH3 is 1. The Morgan fingerprint density at radius 3 is 2.46 bits per heavy atom. The summed E-state index contributed by atoms with van der Waals surface area (Å²) in [4.78, 5) is 24.5. The first-order valence-corrected chi connectivity index (χ1v) is 9.38. The number of piperazine rings is 1. The number of carbonyl (C=O) groups excluding carboxylic acids is 1. The van der Waals surface area contributed by atoms with Crippen LogP contribution in [0.25, 0.3) is 6.08 Å². The highest BCUT2D eigenvalue weighted by atomic mass is 16.5. The molecule has 1 saturated heterocycles. The van der Waals surface area contributed by atoms with Gasteiger partial charge in [0.2, 0.25) is 5.95 Å². The molecule has 2 aromatic rings. The second kappa shape index (κ2) is 10.1. The van der Waals surface area contributed by atoms with Gasteiger partial charge in [0.15, 0.2) is 5.78 Å². The van der Waals surface area contributed by atoms with Crippen molar-refractivity contribution in [3.05, 3.63) is 59.9 Å². The number of hydrogen-bond donors (Lipinski definition) is 1. The van der Waals surface area contributed by atoms with Crippen molar-refractivity contribution in [1.82, 2.24) is 14.9 Å². The minimum Gasteiger partial charge on any atom is -0.388 e. The van der Waals surface area contributed by atoms with Gasteiger partial charge < -0.3 is 14.7 Å². The fourth-order valence-electron chi connectivity index (χ4n) is 3.21. The molecular formula is C21H26N4O3. The van der Waals surface area contributed by atoms with E-state index < -0.39 is 6.61 Å². The molecule has 148 valence electrons. The van der Waals surface area contributed by atoms with Crippen molar-refractivity contribution in [3.63, 3.8) is 0 Å². The number of ketones is 1. The summed E-state index contributed by atoms with van der Waals surface area (Å²) in [5.74, 6) is 0.237. The van der Waals surface area contributed by atoms with Gasteiger partial charge in [0.05, 0.1) is 18.2 Å². The van der Waals surface area contributed by atoms with Crippen LogP contribution in [0.2, 0.25) is 0 Å². The maximum absolute atomic E-state index is 11.5. The number of aliphatic hydroxyl groups excluding tert-OH is 1. The average Bonchev–Trinajstić information content (AvgIpc) is 2.77. The van der Waals surface area contributed by atoms with Gasteiger partial charge in [0.1, 0.15) is 6.61 Å². The van der Waals surface area contributed by atoms with E-state index in [1.807, 2.05) is 18.2 Å². The van der Waals surface area contributed by atoms with Crippen LogP contribution in [0, 0.1) is 0 Å². The van der Waals surface area contributed by atoms with E-state index in [1.54, 1.807) is 7.11 Å². The van der Waals surface area contributed by atoms with Crippen molar-refractivity contribution in [2.75, 3.05) is 51.4 Å². The van der Waals surface area contributed by atoms with E-state index in [-0.39, 0.29) is 11.8 Å². The van der Waals surface area contributed by atoms with Crippen LogP contribution in [-0.4, -0.2) is 78.3 Å². The number of rotatable bonds is 8. The minimum absolute atomic E-state index is 0.206. The molecule has 0 radical (unpaired) electrons. The summed E-state index contributed by atoms with van der Waals surface area (Å²) in [6.07, 6.45) is 7.28. The van der Waals surface area contributed by atoms with Crippen LogP contribution in [0.4, 0.5) is 5.95 Å². The zero-order chi connectivity index (χ0) is 19.8. The van der Waals surface area contributed by atoms with E-state index in [9.17, 15) is 4.79 Å². The van der Waals surface area contributed by atoms with Gasteiger partial charge in [-0.15, -0.1) is 0 Å². The lowest BCUT2D eigenvalue weighted by Gasteiger charge is -2.38. The van der Waals surface area contributed by atoms with Crippen molar-refractivity contribution in [2.45, 2.75) is 6.04 Å². The first kappa shape index (κ1) is 20.1. The van der Waals surface area contributed by atoms with E-state index in [0.717, 1.165) is 26.2 Å². The summed E-state index contributed by atoms with van der Waals surface area (Å²) in [5.41, 5.74) is 1.50. The molecule has 1 unspecified atom stereocenters. The number of aromatic nitrogens is 2. The Labute approximate surface area is 165 Å². The lowest BCUT2D eigenvalue weighted by Crippen LogP contribution is -2.51. The molecule has 1 aliphatic rings. The smallest absolute Gasteiger partial charge is 0.225 e. The Bertz CT molecular complexity index is 772. The summed E-state index contributed by atoms with van der Waals surface area (Å²) in [5, 5.41) is 8.91. The van der Waals surface area contributed by atoms with E-state index in [1.165, 1.54) is 18.0 Å². The van der Waals surface area contributed by atoms with Crippen LogP contribution in [-0.2, 0) is 4.74 Å². The zero-order valence-electron chi connectivity index (χ0n) is 16.1. The minimum atomic E-state index is -0.529. The predicted molar refractivity (Wildman–Crippen MR) is 108 cm³/mol. The standard InChI is InChI=1S/C21H26N4O3/c1-28-16-19(8-7-17-5-3-2-4-6-17)24-9-11-25(12-10-24)21-22-13-18(14-23-21)20(27)15-26/h2-8,13-14,19,26H,9-12,15-16H2,1H3/b8-7+. The highest BCUT2D eigenvalue weighted by Gasteiger charge is 2.23. The van der Waals surface area contributed by atoms with E-state index in [2.05, 4.69) is 44.1 Å². The number of ether oxygens (including phenoxy) is 1. The van der Waals surface area contributed by atoms with Crippen molar-refractivity contribution in [3.8, 4) is 0 Å². The van der Waals surface area contributed by atoms with Crippen molar-refractivity contribution in [2.24, 2.45) is 0 Å². The van der Waals surface area contributed by atoms with Gasteiger partial charge in [0.25, 0.3) is 0 Å². The monoisotopic (exact) mass is 382 g/mol. The number of carbonyl (C=O) groups is 1. The van der Waals surface area contributed by atoms with Gasteiger partial charge in [-0.25, -0.2) is 9.97 Å². The van der Waals surface area contributed by atoms with Crippen molar-refractivity contribution >= 4 is 17.8 Å². The third-order valence-electron chi connectivity index (χ3n) is 4.82. The molecule has 0 amide bonds. The molecule has 3 rings (SSSR count).